The van der Waals surface area contributed by atoms with Crippen molar-refractivity contribution in [2.45, 2.75) is 29.3 Å². The number of rotatable bonds is 11. The summed E-state index contributed by atoms with van der Waals surface area (Å²) >= 11 is 2.41. The number of hydrogen-bond acceptors (Lipinski definition) is 9. The number of aromatic hydroxyl groups is 2. The number of fused-ring (bicyclic) bond motifs is 1. The van der Waals surface area contributed by atoms with Crippen LogP contribution < -0.4 is 9.57 Å². The van der Waals surface area contributed by atoms with E-state index in [4.69, 9.17) is 9.57 Å². The first kappa shape index (κ1) is 32.1. The van der Waals surface area contributed by atoms with Gasteiger partial charge in [0.05, 0.1) is 0 Å². The van der Waals surface area contributed by atoms with Crippen LogP contribution in [0.4, 0.5) is 0 Å². The SMILES string of the molecule is CC(=O)N(Oc1cccc(OC(c2ccccc2)c2ccccc2)c1)C1C(=O)N2CC(CSc3ccc(O)cc3O)(C(=O)O)CS[C@H]12. The lowest BCUT2D eigenvalue weighted by Gasteiger charge is -2.55. The Balaban J connectivity index is 1.16. The van der Waals surface area contributed by atoms with Crippen LogP contribution in [-0.2, 0) is 14.4 Å². The van der Waals surface area contributed by atoms with Crippen LogP contribution in [-0.4, -0.2) is 72.5 Å². The molecule has 47 heavy (non-hydrogen) atoms. The highest BCUT2D eigenvalue weighted by molar-refractivity contribution is 8.00. The third-order valence-electron chi connectivity index (χ3n) is 8.05. The molecule has 2 fully saturated rings. The molecule has 242 valence electrons. The molecular weight excluding hydrogens is 641 g/mol. The average molecular weight is 673 g/mol. The first-order valence-electron chi connectivity index (χ1n) is 14.8. The summed E-state index contributed by atoms with van der Waals surface area (Å²) in [5, 5.41) is 30.5. The number of ether oxygens (including phenoxy) is 1. The molecule has 0 spiro atoms. The number of benzene rings is 4. The Hall–Kier alpha value is -4.81. The van der Waals surface area contributed by atoms with Gasteiger partial charge in [-0.25, -0.2) is 0 Å². The number of phenols is 2. The molecule has 3 N–H and O–H groups in total. The molecule has 2 amide bonds. The maximum Gasteiger partial charge on any atom is 0.313 e. The number of amides is 2. The second-order valence-electron chi connectivity index (χ2n) is 11.4. The monoisotopic (exact) mass is 672 g/mol. The lowest BCUT2D eigenvalue weighted by atomic mass is 9.89. The predicted octanol–water partition coefficient (Wildman–Crippen LogP) is 5.56. The van der Waals surface area contributed by atoms with E-state index < -0.39 is 40.7 Å². The first-order chi connectivity index (χ1) is 22.6. The standard InChI is InChI=1S/C35H32N2O8S2/c1-22(38)37(45-27-14-8-13-26(18-27)44-31(23-9-4-2-5-10-23)24-11-6-3-7-12-24)30-32(41)36-19-35(34(42)43,21-47-33(30)36)20-46-29-16-15-25(39)17-28(29)40/h2-18,30-31,33,39-40H,19-21H2,1H3,(H,42,43)/t30?,33-,35?/m1/s1. The predicted molar refractivity (Wildman–Crippen MR) is 177 cm³/mol. The minimum Gasteiger partial charge on any atom is -0.508 e. The number of hydrogen-bond donors (Lipinski definition) is 3. The maximum absolute atomic E-state index is 13.5. The van der Waals surface area contributed by atoms with Gasteiger partial charge in [-0.1, -0.05) is 66.7 Å². The minimum atomic E-state index is -1.29. The quantitative estimate of drug-likeness (QED) is 0.106. The second kappa shape index (κ2) is 13.5. The highest BCUT2D eigenvalue weighted by Crippen LogP contribution is 2.47. The molecule has 2 unspecified atom stereocenters. The normalized spacial score (nSPS) is 20.2. The van der Waals surface area contributed by atoms with Crippen LogP contribution in [0.1, 0.15) is 24.2 Å². The topological polar surface area (TPSA) is 137 Å². The number of nitrogens with zero attached hydrogens (tertiary/aromatic N) is 2. The van der Waals surface area contributed by atoms with Gasteiger partial charge in [0.2, 0.25) is 0 Å². The molecule has 4 aromatic carbocycles. The molecule has 2 aliphatic heterocycles. The molecule has 2 saturated heterocycles. The number of carbonyl (C=O) groups excluding carboxylic acids is 2. The van der Waals surface area contributed by atoms with Gasteiger partial charge in [-0.15, -0.1) is 23.5 Å². The Morgan fingerprint density at radius 2 is 1.62 bits per heavy atom. The number of carboxylic acid groups (broad SMARTS) is 1. The van der Waals surface area contributed by atoms with Crippen LogP contribution in [0.2, 0.25) is 0 Å². The Kier molecular flexibility index (Phi) is 9.24. The van der Waals surface area contributed by atoms with Crippen molar-refractivity contribution >= 4 is 41.3 Å². The molecule has 0 saturated carbocycles. The molecule has 12 heteroatoms. The average Bonchev–Trinajstić information content (AvgIpc) is 3.07. The number of phenolic OH excluding ortho intramolecular Hbond substituents is 2. The van der Waals surface area contributed by atoms with Crippen LogP contribution in [0.25, 0.3) is 0 Å². The lowest BCUT2D eigenvalue weighted by molar-refractivity contribution is -0.192. The van der Waals surface area contributed by atoms with E-state index in [0.29, 0.717) is 16.4 Å². The van der Waals surface area contributed by atoms with Crippen molar-refractivity contribution in [1.29, 1.82) is 0 Å². The molecule has 6 rings (SSSR count). The lowest BCUT2D eigenvalue weighted by Crippen LogP contribution is -2.74. The number of β-lactam (4-membered cyclic amide) rings is 1. The fourth-order valence-corrected chi connectivity index (χ4v) is 8.39. The van der Waals surface area contributed by atoms with E-state index in [1.165, 1.54) is 41.8 Å². The minimum absolute atomic E-state index is 0.0589. The number of carboxylic acids is 1. The summed E-state index contributed by atoms with van der Waals surface area (Å²) in [5.41, 5.74) is 0.624. The molecule has 0 radical (unpaired) electrons. The number of aliphatic carboxylic acids is 1. The summed E-state index contributed by atoms with van der Waals surface area (Å²) < 4.78 is 6.44. The molecule has 3 atom stereocenters. The van der Waals surface area contributed by atoms with Gasteiger partial charge in [0.15, 0.2) is 11.8 Å². The van der Waals surface area contributed by atoms with E-state index >= 15 is 0 Å². The largest absolute Gasteiger partial charge is 0.508 e. The van der Waals surface area contributed by atoms with E-state index in [1.807, 2.05) is 60.7 Å². The van der Waals surface area contributed by atoms with E-state index in [2.05, 4.69) is 0 Å². The second-order valence-corrected chi connectivity index (χ2v) is 13.5. The summed E-state index contributed by atoms with van der Waals surface area (Å²) in [6, 6.07) is 29.6. The van der Waals surface area contributed by atoms with Crippen LogP contribution >= 0.6 is 23.5 Å². The number of carbonyl (C=O) groups is 3. The Morgan fingerprint density at radius 1 is 0.957 bits per heavy atom. The molecule has 0 aromatic heterocycles. The van der Waals surface area contributed by atoms with E-state index in [0.717, 1.165) is 28.0 Å². The molecular formula is C35H32N2O8S2. The summed E-state index contributed by atoms with van der Waals surface area (Å²) in [6.07, 6.45) is -0.400. The summed E-state index contributed by atoms with van der Waals surface area (Å²) in [4.78, 5) is 46.7. The van der Waals surface area contributed by atoms with Crippen molar-refractivity contribution in [2.75, 3.05) is 18.1 Å². The fourth-order valence-electron chi connectivity index (χ4n) is 5.56. The summed E-state index contributed by atoms with van der Waals surface area (Å²) in [6.45, 7) is 1.25. The first-order valence-corrected chi connectivity index (χ1v) is 16.8. The van der Waals surface area contributed by atoms with Gasteiger partial charge >= 0.3 is 5.97 Å². The third kappa shape index (κ3) is 6.70. The molecule has 2 aliphatic rings. The van der Waals surface area contributed by atoms with Gasteiger partial charge in [-0.3, -0.25) is 14.4 Å². The van der Waals surface area contributed by atoms with Crippen molar-refractivity contribution in [2.24, 2.45) is 5.41 Å². The Morgan fingerprint density at radius 3 is 2.23 bits per heavy atom. The Labute approximate surface area is 279 Å². The molecule has 4 aromatic rings. The van der Waals surface area contributed by atoms with Crippen molar-refractivity contribution in [3.05, 3.63) is 114 Å². The molecule has 0 bridgehead atoms. The Bertz CT molecular complexity index is 1740. The van der Waals surface area contributed by atoms with Crippen molar-refractivity contribution in [3.8, 4) is 23.0 Å². The number of thioether (sulfide) groups is 2. The summed E-state index contributed by atoms with van der Waals surface area (Å²) in [7, 11) is 0. The van der Waals surface area contributed by atoms with E-state index in [-0.39, 0.29) is 29.5 Å². The highest BCUT2D eigenvalue weighted by Gasteiger charge is 2.60. The fraction of sp³-hybridized carbons (Fsp3) is 0.229. The van der Waals surface area contributed by atoms with Gasteiger partial charge in [-0.2, -0.15) is 5.06 Å². The van der Waals surface area contributed by atoms with Gasteiger partial charge in [-0.05, 0) is 35.4 Å². The van der Waals surface area contributed by atoms with Crippen LogP contribution in [0.3, 0.4) is 0 Å². The van der Waals surface area contributed by atoms with Crippen molar-refractivity contribution < 1.29 is 39.3 Å². The van der Waals surface area contributed by atoms with Gasteiger partial charge < -0.3 is 29.8 Å². The van der Waals surface area contributed by atoms with Crippen molar-refractivity contribution in [3.63, 3.8) is 0 Å². The number of hydroxylamine groups is 2. The smallest absolute Gasteiger partial charge is 0.313 e. The zero-order chi connectivity index (χ0) is 33.1. The molecule has 10 nitrogen and oxygen atoms in total. The van der Waals surface area contributed by atoms with Gasteiger partial charge in [0.1, 0.15) is 34.1 Å². The van der Waals surface area contributed by atoms with Gasteiger partial charge in [0.25, 0.3) is 11.8 Å². The van der Waals surface area contributed by atoms with Crippen LogP contribution in [0, 0.1) is 5.41 Å². The van der Waals surface area contributed by atoms with E-state index in [9.17, 15) is 29.7 Å². The van der Waals surface area contributed by atoms with Gasteiger partial charge in [0, 0.05) is 42.0 Å². The van der Waals surface area contributed by atoms with Crippen molar-refractivity contribution in [1.82, 2.24) is 9.96 Å². The summed E-state index contributed by atoms with van der Waals surface area (Å²) in [5.74, 6) is -1.15. The highest BCUT2D eigenvalue weighted by atomic mass is 32.2. The van der Waals surface area contributed by atoms with Crippen LogP contribution in [0.5, 0.6) is 23.0 Å². The zero-order valence-electron chi connectivity index (χ0n) is 25.3. The van der Waals surface area contributed by atoms with Crippen LogP contribution in [0.15, 0.2) is 108 Å². The maximum atomic E-state index is 13.5. The zero-order valence-corrected chi connectivity index (χ0v) is 26.9. The molecule has 0 aliphatic carbocycles. The molecule has 2 heterocycles. The third-order valence-corrected chi connectivity index (χ3v) is 11.0. The van der Waals surface area contributed by atoms with E-state index in [1.54, 1.807) is 24.3 Å².